The summed E-state index contributed by atoms with van der Waals surface area (Å²) >= 11 is 3.33. The molecule has 36 heavy (non-hydrogen) atoms. The molecule has 0 spiro atoms. The number of hydrogen-bond donors (Lipinski definition) is 4. The molecule has 2 aromatic rings. The van der Waals surface area contributed by atoms with Gasteiger partial charge < -0.3 is 30.7 Å². The number of amidine groups is 1. The first-order valence-electron chi connectivity index (χ1n) is 10.9. The van der Waals surface area contributed by atoms with Gasteiger partial charge in [-0.15, -0.1) is 0 Å². The lowest BCUT2D eigenvalue weighted by Gasteiger charge is -2.17. The largest absolute Gasteiger partial charge is 0.467 e. The summed E-state index contributed by atoms with van der Waals surface area (Å²) in [6.07, 6.45) is -0.891. The first kappa shape index (κ1) is 26.7. The van der Waals surface area contributed by atoms with Crippen LogP contribution in [0.4, 0.5) is 4.79 Å². The molecule has 1 aliphatic rings. The third-order valence-corrected chi connectivity index (χ3v) is 5.77. The Morgan fingerprint density at radius 2 is 1.89 bits per heavy atom. The van der Waals surface area contributed by atoms with Gasteiger partial charge >= 0.3 is 12.1 Å². The minimum atomic E-state index is -1.13. The summed E-state index contributed by atoms with van der Waals surface area (Å²) in [6.45, 7) is -0.177. The second kappa shape index (κ2) is 12.7. The third-order valence-electron chi connectivity index (χ3n) is 5.24. The number of carbonyl (C=O) groups is 3. The zero-order chi connectivity index (χ0) is 26.1. The molecule has 2 amide bonds. The Morgan fingerprint density at radius 3 is 2.53 bits per heavy atom. The Balaban J connectivity index is 1.44. The number of esters is 1. The zero-order valence-electron chi connectivity index (χ0n) is 19.5. The number of nitrogens with one attached hydrogen (secondary N) is 3. The molecular weight excluding hydrogens is 534 g/mol. The molecule has 190 valence electrons. The van der Waals surface area contributed by atoms with Crippen LogP contribution in [0, 0.1) is 5.41 Å². The molecule has 1 unspecified atom stereocenters. The van der Waals surface area contributed by atoms with Gasteiger partial charge in [-0.25, -0.2) is 9.59 Å². The number of benzene rings is 2. The predicted molar refractivity (Wildman–Crippen MR) is 134 cm³/mol. The van der Waals surface area contributed by atoms with Crippen LogP contribution in [0.25, 0.3) is 0 Å². The topological polar surface area (TPSA) is 165 Å². The Bertz CT molecular complexity index is 1140. The van der Waals surface area contributed by atoms with E-state index in [9.17, 15) is 14.4 Å². The second-order valence-corrected chi connectivity index (χ2v) is 8.81. The number of methoxy groups -OCH3 is 1. The van der Waals surface area contributed by atoms with Gasteiger partial charge in [0.1, 0.15) is 24.6 Å². The van der Waals surface area contributed by atoms with Crippen molar-refractivity contribution in [1.82, 2.24) is 10.6 Å². The Labute approximate surface area is 216 Å². The molecule has 11 nitrogen and oxygen atoms in total. The van der Waals surface area contributed by atoms with Crippen LogP contribution in [0.2, 0.25) is 0 Å². The number of nitrogens with two attached hydrogens (primary N) is 1. The monoisotopic (exact) mass is 559 g/mol. The summed E-state index contributed by atoms with van der Waals surface area (Å²) in [5.41, 5.74) is 8.31. The quantitative estimate of drug-likeness (QED) is 0.197. The van der Waals surface area contributed by atoms with Crippen LogP contribution in [0.1, 0.15) is 29.5 Å². The molecule has 1 heterocycles. The Morgan fingerprint density at radius 1 is 1.19 bits per heavy atom. The fourth-order valence-corrected chi connectivity index (χ4v) is 3.56. The molecule has 0 fully saturated rings. The number of ether oxygens (including phenoxy) is 2. The van der Waals surface area contributed by atoms with E-state index < -0.39 is 24.2 Å². The van der Waals surface area contributed by atoms with E-state index in [-0.39, 0.29) is 31.3 Å². The smallest absolute Gasteiger partial charge is 0.408 e. The molecule has 0 saturated carbocycles. The van der Waals surface area contributed by atoms with Gasteiger partial charge in [0, 0.05) is 23.0 Å². The number of carbonyl (C=O) groups excluding carboxylic acids is 3. The van der Waals surface area contributed by atoms with Gasteiger partial charge in [0.15, 0.2) is 0 Å². The maximum absolute atomic E-state index is 12.4. The molecule has 0 saturated heterocycles. The molecule has 0 radical (unpaired) electrons. The van der Waals surface area contributed by atoms with Gasteiger partial charge in [-0.05, 0) is 23.3 Å². The molecule has 2 atom stereocenters. The van der Waals surface area contributed by atoms with Crippen LogP contribution in [0.15, 0.2) is 58.2 Å². The average Bonchev–Trinajstić information content (AvgIpc) is 3.34. The van der Waals surface area contributed by atoms with E-state index in [1.165, 1.54) is 7.11 Å². The highest BCUT2D eigenvalue weighted by molar-refractivity contribution is 9.10. The lowest BCUT2D eigenvalue weighted by atomic mass is 10.0. The predicted octanol–water partition coefficient (Wildman–Crippen LogP) is 2.20. The van der Waals surface area contributed by atoms with Crippen molar-refractivity contribution in [1.29, 1.82) is 5.41 Å². The van der Waals surface area contributed by atoms with Crippen LogP contribution in [-0.4, -0.2) is 55.3 Å². The SMILES string of the molecule is COC(=O)[C@H](CNC(=O)CC1CC(c2ccc(C(=N)N)cc2)=NO1)NC(=O)OCc1ccc(Br)cc1. The van der Waals surface area contributed by atoms with Crippen molar-refractivity contribution >= 4 is 45.4 Å². The minimum absolute atomic E-state index is 0.000432. The summed E-state index contributed by atoms with van der Waals surface area (Å²) in [5, 5.41) is 16.5. The fourth-order valence-electron chi connectivity index (χ4n) is 3.29. The number of hydrogen-bond acceptors (Lipinski definition) is 8. The van der Waals surface area contributed by atoms with E-state index in [2.05, 4.69) is 31.7 Å². The molecular formula is C24H26BrN5O6. The van der Waals surface area contributed by atoms with E-state index in [1.807, 2.05) is 12.1 Å². The van der Waals surface area contributed by atoms with Crippen molar-refractivity contribution in [2.45, 2.75) is 31.6 Å². The van der Waals surface area contributed by atoms with E-state index in [0.29, 0.717) is 17.7 Å². The number of rotatable bonds is 10. The van der Waals surface area contributed by atoms with Crippen LogP contribution in [-0.2, 0) is 30.5 Å². The molecule has 2 aromatic carbocycles. The first-order chi connectivity index (χ1) is 17.2. The molecule has 5 N–H and O–H groups in total. The number of nitrogen functional groups attached to an aromatic ring is 1. The number of amides is 2. The van der Waals surface area contributed by atoms with E-state index in [4.69, 9.17) is 25.5 Å². The van der Waals surface area contributed by atoms with Gasteiger partial charge in [-0.2, -0.15) is 0 Å². The Kier molecular flexibility index (Phi) is 9.39. The maximum Gasteiger partial charge on any atom is 0.408 e. The molecule has 0 aliphatic carbocycles. The number of nitrogens with zero attached hydrogens (tertiary/aromatic N) is 1. The first-order valence-corrected chi connectivity index (χ1v) is 11.7. The van der Waals surface area contributed by atoms with E-state index >= 15 is 0 Å². The van der Waals surface area contributed by atoms with E-state index in [1.54, 1.807) is 36.4 Å². The normalized spacial score (nSPS) is 15.2. The summed E-state index contributed by atoms with van der Waals surface area (Å²) in [6, 6.07) is 13.1. The van der Waals surface area contributed by atoms with Gasteiger partial charge in [0.05, 0.1) is 19.2 Å². The summed E-state index contributed by atoms with van der Waals surface area (Å²) < 4.78 is 10.7. The Hall–Kier alpha value is -3.93. The third kappa shape index (κ3) is 7.80. The maximum atomic E-state index is 12.4. The number of halogens is 1. The van der Waals surface area contributed by atoms with Crippen LogP contribution >= 0.6 is 15.9 Å². The van der Waals surface area contributed by atoms with Gasteiger partial charge in [0.2, 0.25) is 5.91 Å². The van der Waals surface area contributed by atoms with Crippen LogP contribution < -0.4 is 16.4 Å². The molecule has 1 aliphatic heterocycles. The van der Waals surface area contributed by atoms with Crippen molar-refractivity contribution in [2.24, 2.45) is 10.9 Å². The summed E-state index contributed by atoms with van der Waals surface area (Å²) in [4.78, 5) is 42.0. The molecule has 12 heteroatoms. The second-order valence-electron chi connectivity index (χ2n) is 7.89. The minimum Gasteiger partial charge on any atom is -0.467 e. The van der Waals surface area contributed by atoms with E-state index in [0.717, 1.165) is 15.6 Å². The zero-order valence-corrected chi connectivity index (χ0v) is 21.0. The highest BCUT2D eigenvalue weighted by atomic mass is 79.9. The van der Waals surface area contributed by atoms with Crippen molar-refractivity contribution < 1.29 is 28.7 Å². The average molecular weight is 560 g/mol. The lowest BCUT2D eigenvalue weighted by Crippen LogP contribution is -2.49. The van der Waals surface area contributed by atoms with Crippen molar-refractivity contribution in [3.63, 3.8) is 0 Å². The van der Waals surface area contributed by atoms with Gasteiger partial charge in [0.25, 0.3) is 0 Å². The summed E-state index contributed by atoms with van der Waals surface area (Å²) in [7, 11) is 1.18. The lowest BCUT2D eigenvalue weighted by molar-refractivity contribution is -0.143. The molecule has 0 aromatic heterocycles. The van der Waals surface area contributed by atoms with Crippen molar-refractivity contribution in [2.75, 3.05) is 13.7 Å². The summed E-state index contributed by atoms with van der Waals surface area (Å²) in [5.74, 6) is -1.15. The van der Waals surface area contributed by atoms with Gasteiger partial charge in [-0.3, -0.25) is 10.2 Å². The highest BCUT2D eigenvalue weighted by Gasteiger charge is 2.27. The standard InChI is InChI=1S/C24H26BrN5O6/c1-34-23(32)20(29-24(33)35-13-14-2-8-17(25)9-3-14)12-28-21(31)11-18-10-19(30-36-18)15-4-6-16(7-5-15)22(26)27/h2-9,18,20H,10-13H2,1H3,(H3,26,27)(H,28,31)(H,29,33)/t18?,20-/m0/s1. The number of alkyl carbamates (subject to hydrolysis) is 1. The van der Waals surface area contributed by atoms with Crippen LogP contribution in [0.5, 0.6) is 0 Å². The highest BCUT2D eigenvalue weighted by Crippen LogP contribution is 2.19. The van der Waals surface area contributed by atoms with Crippen molar-refractivity contribution in [3.8, 4) is 0 Å². The van der Waals surface area contributed by atoms with Crippen molar-refractivity contribution in [3.05, 3.63) is 69.7 Å². The number of oxime groups is 1. The molecule has 3 rings (SSSR count). The fraction of sp³-hybridized carbons (Fsp3) is 0.292. The molecule has 0 bridgehead atoms. The van der Waals surface area contributed by atoms with Gasteiger partial charge in [-0.1, -0.05) is 57.5 Å². The van der Waals surface area contributed by atoms with Crippen LogP contribution in [0.3, 0.4) is 0 Å².